The summed E-state index contributed by atoms with van der Waals surface area (Å²) in [5.41, 5.74) is 2.87. The van der Waals surface area contributed by atoms with Gasteiger partial charge in [-0.1, -0.05) is 22.0 Å². The number of hydrazone groups is 1. The van der Waals surface area contributed by atoms with Gasteiger partial charge in [-0.15, -0.1) is 0 Å². The summed E-state index contributed by atoms with van der Waals surface area (Å²) in [7, 11) is -3.71. The fourth-order valence-electron chi connectivity index (χ4n) is 2.64. The van der Waals surface area contributed by atoms with Crippen LogP contribution in [-0.2, 0) is 14.8 Å². The number of nitrogens with one attached hydrogen (secondary N) is 1. The Balaban J connectivity index is 1.74. The van der Waals surface area contributed by atoms with Gasteiger partial charge in [0.15, 0.2) is 0 Å². The Bertz CT molecular complexity index is 1050. The highest BCUT2D eigenvalue weighted by atomic mass is 79.9. The number of nitrogens with zero attached hydrogens (tertiary/aromatic N) is 2. The molecule has 154 valence electrons. The SMILES string of the molecule is O=C(NN=Cc1cc(Br)cc(Br)c1O)c1cccc(S(=O)(=O)N2CCOCC2)c1. The molecule has 2 aromatic carbocycles. The highest BCUT2D eigenvalue weighted by Crippen LogP contribution is 2.30. The third-order valence-corrected chi connectivity index (χ3v) is 7.09. The summed E-state index contributed by atoms with van der Waals surface area (Å²) in [4.78, 5) is 12.4. The molecule has 0 radical (unpaired) electrons. The van der Waals surface area contributed by atoms with Crippen LogP contribution in [0, 0.1) is 0 Å². The molecular weight excluding hydrogens is 530 g/mol. The number of carbonyl (C=O) groups is 1. The van der Waals surface area contributed by atoms with Crippen LogP contribution < -0.4 is 5.43 Å². The van der Waals surface area contributed by atoms with Crippen LogP contribution in [0.5, 0.6) is 5.75 Å². The summed E-state index contributed by atoms with van der Waals surface area (Å²) in [6.07, 6.45) is 1.29. The highest BCUT2D eigenvalue weighted by molar-refractivity contribution is 9.11. The molecule has 8 nitrogen and oxygen atoms in total. The van der Waals surface area contributed by atoms with Crippen molar-refractivity contribution < 1.29 is 23.1 Å². The lowest BCUT2D eigenvalue weighted by Gasteiger charge is -2.26. The molecule has 0 spiro atoms. The normalized spacial score (nSPS) is 15.5. The predicted octanol–water partition coefficient (Wildman–Crippen LogP) is 2.70. The molecule has 1 heterocycles. The first-order chi connectivity index (χ1) is 13.8. The van der Waals surface area contributed by atoms with E-state index in [0.717, 1.165) is 4.47 Å². The predicted molar refractivity (Wildman–Crippen MR) is 115 cm³/mol. The number of phenolic OH excluding ortho intramolecular Hbond substituents is 1. The van der Waals surface area contributed by atoms with E-state index in [9.17, 15) is 18.3 Å². The second-order valence-electron chi connectivity index (χ2n) is 6.07. The number of amides is 1. The molecule has 0 bridgehead atoms. The Morgan fingerprint density at radius 1 is 1.21 bits per heavy atom. The summed E-state index contributed by atoms with van der Waals surface area (Å²) in [6, 6.07) is 9.06. The van der Waals surface area contributed by atoms with Crippen LogP contribution in [0.4, 0.5) is 0 Å². The summed E-state index contributed by atoms with van der Waals surface area (Å²) in [6.45, 7) is 1.23. The van der Waals surface area contributed by atoms with Crippen LogP contribution in [0.15, 0.2) is 55.3 Å². The first-order valence-corrected chi connectivity index (χ1v) is 11.5. The van der Waals surface area contributed by atoms with Crippen molar-refractivity contribution in [2.45, 2.75) is 4.90 Å². The number of sulfonamides is 1. The van der Waals surface area contributed by atoms with Gasteiger partial charge in [-0.2, -0.15) is 9.41 Å². The van der Waals surface area contributed by atoms with Gasteiger partial charge in [0, 0.05) is 28.7 Å². The van der Waals surface area contributed by atoms with E-state index >= 15 is 0 Å². The van der Waals surface area contributed by atoms with E-state index in [4.69, 9.17) is 4.74 Å². The molecule has 2 N–H and O–H groups in total. The van der Waals surface area contributed by atoms with E-state index in [1.54, 1.807) is 12.1 Å². The van der Waals surface area contributed by atoms with Crippen LogP contribution in [0.25, 0.3) is 0 Å². The van der Waals surface area contributed by atoms with Crippen LogP contribution in [0.1, 0.15) is 15.9 Å². The highest BCUT2D eigenvalue weighted by Gasteiger charge is 2.26. The van der Waals surface area contributed by atoms with Crippen LogP contribution in [-0.4, -0.2) is 56.3 Å². The monoisotopic (exact) mass is 545 g/mol. The van der Waals surface area contributed by atoms with Crippen molar-refractivity contribution in [3.8, 4) is 5.75 Å². The minimum Gasteiger partial charge on any atom is -0.506 e. The smallest absolute Gasteiger partial charge is 0.271 e. The summed E-state index contributed by atoms with van der Waals surface area (Å²) in [5, 5.41) is 13.8. The number of halogens is 2. The average Bonchev–Trinajstić information content (AvgIpc) is 2.72. The van der Waals surface area contributed by atoms with Crippen molar-refractivity contribution in [2.24, 2.45) is 5.10 Å². The maximum Gasteiger partial charge on any atom is 0.271 e. The quantitative estimate of drug-likeness (QED) is 0.443. The number of aromatic hydroxyl groups is 1. The van der Waals surface area contributed by atoms with Gasteiger partial charge in [0.2, 0.25) is 10.0 Å². The third-order valence-electron chi connectivity index (χ3n) is 4.13. The lowest BCUT2D eigenvalue weighted by molar-refractivity contribution is 0.0730. The molecule has 1 aliphatic rings. The Labute approximate surface area is 184 Å². The number of carbonyl (C=O) groups excluding carboxylic acids is 1. The standard InChI is InChI=1S/C18H17Br2N3O5S/c19-14-8-13(17(24)16(20)10-14)11-21-22-18(25)12-2-1-3-15(9-12)29(26,27)23-4-6-28-7-5-23/h1-3,8-11,24H,4-7H2,(H,22,25). The van der Waals surface area contributed by atoms with Crippen molar-refractivity contribution in [3.63, 3.8) is 0 Å². The number of phenols is 1. The van der Waals surface area contributed by atoms with E-state index < -0.39 is 15.9 Å². The molecule has 1 amide bonds. The maximum atomic E-state index is 12.7. The molecule has 1 fully saturated rings. The van der Waals surface area contributed by atoms with Crippen LogP contribution in [0.3, 0.4) is 0 Å². The number of hydrogen-bond donors (Lipinski definition) is 2. The largest absolute Gasteiger partial charge is 0.506 e. The molecule has 0 saturated carbocycles. The third kappa shape index (κ3) is 5.23. The molecule has 2 aromatic rings. The van der Waals surface area contributed by atoms with E-state index in [2.05, 4.69) is 42.4 Å². The zero-order valence-electron chi connectivity index (χ0n) is 15.0. The lowest BCUT2D eigenvalue weighted by atomic mass is 10.2. The molecule has 0 unspecified atom stereocenters. The van der Waals surface area contributed by atoms with Gasteiger partial charge in [-0.3, -0.25) is 4.79 Å². The lowest BCUT2D eigenvalue weighted by Crippen LogP contribution is -2.40. The molecule has 1 aliphatic heterocycles. The Morgan fingerprint density at radius 3 is 2.66 bits per heavy atom. The topological polar surface area (TPSA) is 108 Å². The first-order valence-electron chi connectivity index (χ1n) is 8.48. The molecule has 3 rings (SSSR count). The number of hydrogen-bond acceptors (Lipinski definition) is 6. The number of benzene rings is 2. The fourth-order valence-corrected chi connectivity index (χ4v) is 5.36. The second-order valence-corrected chi connectivity index (χ2v) is 9.78. The Hall–Kier alpha value is -1.79. The average molecular weight is 547 g/mol. The Kier molecular flexibility index (Phi) is 7.06. The van der Waals surface area contributed by atoms with Crippen molar-refractivity contribution in [3.05, 3.63) is 56.5 Å². The number of ether oxygens (including phenoxy) is 1. The maximum absolute atomic E-state index is 12.7. The van der Waals surface area contributed by atoms with Gasteiger partial charge in [0.1, 0.15) is 5.75 Å². The molecule has 1 saturated heterocycles. The molecule has 29 heavy (non-hydrogen) atoms. The van der Waals surface area contributed by atoms with Crippen LogP contribution in [0.2, 0.25) is 0 Å². The van der Waals surface area contributed by atoms with Crippen molar-refractivity contribution in [1.82, 2.24) is 9.73 Å². The first kappa shape index (κ1) is 21.9. The van der Waals surface area contributed by atoms with E-state index in [1.807, 2.05) is 0 Å². The number of rotatable bonds is 5. The van der Waals surface area contributed by atoms with Gasteiger partial charge in [0.05, 0.1) is 28.8 Å². The van der Waals surface area contributed by atoms with Gasteiger partial charge in [-0.05, 0) is 46.3 Å². The van der Waals surface area contributed by atoms with E-state index in [0.29, 0.717) is 23.2 Å². The van der Waals surface area contributed by atoms with Gasteiger partial charge in [-0.25, -0.2) is 13.8 Å². The minimum atomic E-state index is -3.71. The van der Waals surface area contributed by atoms with Gasteiger partial charge < -0.3 is 9.84 Å². The van der Waals surface area contributed by atoms with E-state index in [1.165, 1.54) is 34.8 Å². The zero-order chi connectivity index (χ0) is 21.0. The van der Waals surface area contributed by atoms with Crippen molar-refractivity contribution in [2.75, 3.05) is 26.3 Å². The molecule has 0 atom stereocenters. The molecular formula is C18H17Br2N3O5S. The fraction of sp³-hybridized carbons (Fsp3) is 0.222. The van der Waals surface area contributed by atoms with E-state index in [-0.39, 0.29) is 29.3 Å². The number of morpholine rings is 1. The molecule has 0 aromatic heterocycles. The zero-order valence-corrected chi connectivity index (χ0v) is 19.0. The molecule has 0 aliphatic carbocycles. The van der Waals surface area contributed by atoms with Gasteiger partial charge in [0.25, 0.3) is 5.91 Å². The Morgan fingerprint density at radius 2 is 1.93 bits per heavy atom. The summed E-state index contributed by atoms with van der Waals surface area (Å²) in [5.74, 6) is -0.598. The molecule has 11 heteroatoms. The van der Waals surface area contributed by atoms with Crippen LogP contribution >= 0.6 is 31.9 Å². The van der Waals surface area contributed by atoms with Crippen molar-refractivity contribution >= 4 is 54.0 Å². The summed E-state index contributed by atoms with van der Waals surface area (Å²) >= 11 is 6.52. The van der Waals surface area contributed by atoms with Gasteiger partial charge >= 0.3 is 0 Å². The minimum absolute atomic E-state index is 0.0233. The second kappa shape index (κ2) is 9.35. The summed E-state index contributed by atoms with van der Waals surface area (Å²) < 4.78 is 33.2. The van der Waals surface area contributed by atoms with Crippen molar-refractivity contribution in [1.29, 1.82) is 0 Å².